The molecule has 1 aromatic carbocycles. The van der Waals surface area contributed by atoms with E-state index in [1.807, 2.05) is 48.9 Å². The van der Waals surface area contributed by atoms with Crippen LogP contribution in [0.1, 0.15) is 36.2 Å². The van der Waals surface area contributed by atoms with Crippen molar-refractivity contribution >= 4 is 18.3 Å². The summed E-state index contributed by atoms with van der Waals surface area (Å²) >= 11 is 0. The molecule has 1 aliphatic rings. The van der Waals surface area contributed by atoms with Crippen LogP contribution in [-0.4, -0.2) is 22.2 Å². The fourth-order valence-corrected chi connectivity index (χ4v) is 3.72. The van der Waals surface area contributed by atoms with Crippen molar-refractivity contribution in [1.29, 1.82) is 0 Å². The molecule has 2 aromatic rings. The maximum Gasteiger partial charge on any atom is 0.223 e. The number of rotatable bonds is 5. The number of aryl methyl sites for hydroxylation is 1. The Kier molecular flexibility index (Phi) is 6.62. The van der Waals surface area contributed by atoms with E-state index >= 15 is 0 Å². The third-order valence-corrected chi connectivity index (χ3v) is 5.18. The quantitative estimate of drug-likeness (QED) is 0.858. The molecule has 2 atom stereocenters. The van der Waals surface area contributed by atoms with Gasteiger partial charge in [-0.05, 0) is 51.3 Å². The summed E-state index contributed by atoms with van der Waals surface area (Å²) in [5.41, 5.74) is 9.95. The van der Waals surface area contributed by atoms with Crippen LogP contribution >= 0.6 is 12.4 Å². The molecule has 0 bridgehead atoms. The number of nitrogens with two attached hydrogens (primary N) is 1. The van der Waals surface area contributed by atoms with E-state index in [-0.39, 0.29) is 24.2 Å². The number of amides is 1. The highest BCUT2D eigenvalue weighted by atomic mass is 35.5. The van der Waals surface area contributed by atoms with E-state index in [0.717, 1.165) is 41.9 Å². The first-order valence-corrected chi connectivity index (χ1v) is 8.70. The van der Waals surface area contributed by atoms with Crippen LogP contribution in [0.5, 0.6) is 0 Å². The molecule has 1 fully saturated rings. The van der Waals surface area contributed by atoms with E-state index in [0.29, 0.717) is 19.0 Å². The lowest BCUT2D eigenvalue weighted by Gasteiger charge is -2.17. The van der Waals surface area contributed by atoms with Crippen molar-refractivity contribution in [3.63, 3.8) is 0 Å². The van der Waals surface area contributed by atoms with Crippen LogP contribution < -0.4 is 11.1 Å². The smallest absolute Gasteiger partial charge is 0.223 e. The van der Waals surface area contributed by atoms with Crippen LogP contribution in [0, 0.1) is 25.7 Å². The Morgan fingerprint density at radius 2 is 2.00 bits per heavy atom. The van der Waals surface area contributed by atoms with Crippen molar-refractivity contribution < 1.29 is 4.79 Å². The Balaban J connectivity index is 0.00000225. The van der Waals surface area contributed by atoms with Crippen molar-refractivity contribution in [2.45, 2.75) is 39.7 Å². The minimum atomic E-state index is 0. The molecule has 0 unspecified atom stereocenters. The van der Waals surface area contributed by atoms with Gasteiger partial charge < -0.3 is 11.1 Å². The van der Waals surface area contributed by atoms with Crippen molar-refractivity contribution in [3.8, 4) is 5.69 Å². The average molecular weight is 363 g/mol. The predicted molar refractivity (Wildman–Crippen MR) is 102 cm³/mol. The number of para-hydroxylation sites is 1. The number of hydrogen-bond donors (Lipinski definition) is 2. The number of aromatic nitrogens is 2. The van der Waals surface area contributed by atoms with E-state index in [4.69, 9.17) is 5.73 Å². The number of nitrogens with zero attached hydrogens (tertiary/aromatic N) is 2. The largest absolute Gasteiger partial charge is 0.352 e. The van der Waals surface area contributed by atoms with Gasteiger partial charge in [0.1, 0.15) is 0 Å². The number of nitrogens with one attached hydrogen (secondary N) is 1. The van der Waals surface area contributed by atoms with E-state index in [1.54, 1.807) is 0 Å². The predicted octanol–water partition coefficient (Wildman–Crippen LogP) is 2.90. The zero-order valence-electron chi connectivity index (χ0n) is 14.9. The second-order valence-corrected chi connectivity index (χ2v) is 6.65. The zero-order chi connectivity index (χ0) is 17.1. The molecule has 1 aliphatic carbocycles. The first-order valence-electron chi connectivity index (χ1n) is 8.70. The van der Waals surface area contributed by atoms with Crippen LogP contribution in [0.3, 0.4) is 0 Å². The molecule has 0 radical (unpaired) electrons. The molecular formula is C19H27ClN4O. The van der Waals surface area contributed by atoms with Gasteiger partial charge in [0.2, 0.25) is 5.91 Å². The summed E-state index contributed by atoms with van der Waals surface area (Å²) in [6, 6.07) is 10.1. The van der Waals surface area contributed by atoms with Gasteiger partial charge in [-0.15, -0.1) is 12.4 Å². The fourth-order valence-electron chi connectivity index (χ4n) is 3.72. The zero-order valence-corrected chi connectivity index (χ0v) is 15.7. The summed E-state index contributed by atoms with van der Waals surface area (Å²) in [6.45, 7) is 5.16. The van der Waals surface area contributed by atoms with Gasteiger partial charge >= 0.3 is 0 Å². The van der Waals surface area contributed by atoms with Gasteiger partial charge in [0.05, 0.1) is 11.4 Å². The molecule has 5 nitrogen and oxygen atoms in total. The molecule has 6 heteroatoms. The van der Waals surface area contributed by atoms with E-state index in [1.165, 1.54) is 0 Å². The molecule has 1 amide bonds. The standard InChI is InChI=1S/C19H26N4O.ClH/c1-13-18(12-21-19(24)17-10-6-7-15(17)11-20)14(2)23(22-13)16-8-4-3-5-9-16;/h3-5,8-9,15,17H,6-7,10-12,20H2,1-2H3,(H,21,24);1H/t15-,17-;/m1./s1. The molecule has 1 saturated carbocycles. The number of carbonyl (C=O) groups is 1. The number of hydrogen-bond acceptors (Lipinski definition) is 3. The fraction of sp³-hybridized carbons (Fsp3) is 0.474. The normalized spacial score (nSPS) is 19.5. The van der Waals surface area contributed by atoms with E-state index in [2.05, 4.69) is 10.4 Å². The Morgan fingerprint density at radius 3 is 2.68 bits per heavy atom. The second-order valence-electron chi connectivity index (χ2n) is 6.65. The van der Waals surface area contributed by atoms with Gasteiger partial charge in [-0.2, -0.15) is 5.10 Å². The Labute approximate surface area is 155 Å². The molecule has 25 heavy (non-hydrogen) atoms. The SMILES string of the molecule is Cc1nn(-c2ccccc2)c(C)c1CNC(=O)[C@@H]1CCC[C@@H]1CN.Cl. The molecule has 0 saturated heterocycles. The van der Waals surface area contributed by atoms with Crippen molar-refractivity contribution in [1.82, 2.24) is 15.1 Å². The summed E-state index contributed by atoms with van der Waals surface area (Å²) in [6.07, 6.45) is 3.12. The van der Waals surface area contributed by atoms with Gasteiger partial charge in [-0.3, -0.25) is 4.79 Å². The summed E-state index contributed by atoms with van der Waals surface area (Å²) < 4.78 is 1.94. The molecule has 1 heterocycles. The molecule has 0 spiro atoms. The van der Waals surface area contributed by atoms with E-state index < -0.39 is 0 Å². The highest BCUT2D eigenvalue weighted by molar-refractivity contribution is 5.85. The second kappa shape index (κ2) is 8.50. The third-order valence-electron chi connectivity index (χ3n) is 5.18. The highest BCUT2D eigenvalue weighted by Gasteiger charge is 2.31. The summed E-state index contributed by atoms with van der Waals surface area (Å²) in [4.78, 5) is 12.5. The maximum atomic E-state index is 12.5. The van der Waals surface area contributed by atoms with Crippen LogP contribution in [0.15, 0.2) is 30.3 Å². The Hall–Kier alpha value is -1.85. The summed E-state index contributed by atoms with van der Waals surface area (Å²) in [7, 11) is 0. The molecule has 3 rings (SSSR count). The first-order chi connectivity index (χ1) is 11.6. The molecule has 136 valence electrons. The van der Waals surface area contributed by atoms with Crippen molar-refractivity contribution in [2.24, 2.45) is 17.6 Å². The third kappa shape index (κ3) is 4.05. The molecular weight excluding hydrogens is 336 g/mol. The molecule has 3 N–H and O–H groups in total. The monoisotopic (exact) mass is 362 g/mol. The van der Waals surface area contributed by atoms with Gasteiger partial charge in [0, 0.05) is 23.7 Å². The molecule has 0 aliphatic heterocycles. The first kappa shape index (κ1) is 19.5. The minimum Gasteiger partial charge on any atom is -0.352 e. The highest BCUT2D eigenvalue weighted by Crippen LogP contribution is 2.31. The van der Waals surface area contributed by atoms with Gasteiger partial charge in [0.15, 0.2) is 0 Å². The Morgan fingerprint density at radius 1 is 1.28 bits per heavy atom. The summed E-state index contributed by atoms with van der Waals surface area (Å²) in [5, 5.41) is 7.74. The van der Waals surface area contributed by atoms with Crippen molar-refractivity contribution in [3.05, 3.63) is 47.3 Å². The van der Waals surface area contributed by atoms with E-state index in [9.17, 15) is 4.79 Å². The number of benzene rings is 1. The van der Waals surface area contributed by atoms with Crippen LogP contribution in [0.4, 0.5) is 0 Å². The van der Waals surface area contributed by atoms with Crippen molar-refractivity contribution in [2.75, 3.05) is 6.54 Å². The maximum absolute atomic E-state index is 12.5. The van der Waals surface area contributed by atoms with Gasteiger partial charge in [0.25, 0.3) is 0 Å². The Bertz CT molecular complexity index is 714. The van der Waals surface area contributed by atoms with Crippen LogP contribution in [0.25, 0.3) is 5.69 Å². The van der Waals surface area contributed by atoms with Crippen LogP contribution in [-0.2, 0) is 11.3 Å². The average Bonchev–Trinajstić information content (AvgIpc) is 3.18. The lowest BCUT2D eigenvalue weighted by atomic mass is 9.95. The number of halogens is 1. The van der Waals surface area contributed by atoms with Crippen LogP contribution in [0.2, 0.25) is 0 Å². The lowest BCUT2D eigenvalue weighted by Crippen LogP contribution is -2.34. The number of carbonyl (C=O) groups excluding carboxylic acids is 1. The minimum absolute atomic E-state index is 0. The van der Waals surface area contributed by atoms with Gasteiger partial charge in [-0.25, -0.2) is 4.68 Å². The molecule has 1 aromatic heterocycles. The summed E-state index contributed by atoms with van der Waals surface area (Å²) in [5.74, 6) is 0.535. The van der Waals surface area contributed by atoms with Gasteiger partial charge in [-0.1, -0.05) is 24.6 Å². The lowest BCUT2D eigenvalue weighted by molar-refractivity contribution is -0.126. The topological polar surface area (TPSA) is 72.9 Å².